The average molecular weight is 177 g/mol. The molecule has 0 aromatic heterocycles. The van der Waals surface area contributed by atoms with Crippen LogP contribution in [0.15, 0.2) is 24.3 Å². The maximum atomic E-state index is 12.7. The summed E-state index contributed by atoms with van der Waals surface area (Å²) in [7, 11) is 0. The Kier molecular flexibility index (Phi) is 4.01. The molecule has 1 aromatic carbocycles. The normalized spacial score (nSPS) is 9.08. The summed E-state index contributed by atoms with van der Waals surface area (Å²) < 4.78 is 12.7. The van der Waals surface area contributed by atoms with Gasteiger partial charge in [-0.25, -0.2) is 4.39 Å². The van der Waals surface area contributed by atoms with Crippen LogP contribution in [-0.4, -0.2) is 6.54 Å². The first-order valence-electron chi connectivity index (χ1n) is 4.27. The van der Waals surface area contributed by atoms with Crippen molar-refractivity contribution in [3.8, 4) is 11.8 Å². The first-order valence-corrected chi connectivity index (χ1v) is 4.27. The lowest BCUT2D eigenvalue weighted by Crippen LogP contribution is -1.96. The second kappa shape index (κ2) is 5.34. The minimum absolute atomic E-state index is 0.245. The van der Waals surface area contributed by atoms with Crippen LogP contribution in [0.25, 0.3) is 0 Å². The zero-order chi connectivity index (χ0) is 9.52. The summed E-state index contributed by atoms with van der Waals surface area (Å²) in [6.45, 7) is 0.651. The van der Waals surface area contributed by atoms with Crippen LogP contribution < -0.4 is 5.73 Å². The molecule has 0 unspecified atom stereocenters. The number of halogens is 1. The lowest BCUT2D eigenvalue weighted by atomic mass is 10.2. The predicted octanol–water partition coefficient (Wildman–Crippen LogP) is 1.92. The van der Waals surface area contributed by atoms with E-state index < -0.39 is 0 Å². The Morgan fingerprint density at radius 1 is 1.38 bits per heavy atom. The summed E-state index contributed by atoms with van der Waals surface area (Å²) >= 11 is 0. The zero-order valence-electron chi connectivity index (χ0n) is 7.39. The summed E-state index contributed by atoms with van der Waals surface area (Å²) in [6.07, 6.45) is 1.66. The van der Waals surface area contributed by atoms with E-state index in [1.807, 2.05) is 0 Å². The fraction of sp³-hybridized carbons (Fsp3) is 0.273. The molecular formula is C11H12FN. The molecule has 0 saturated carbocycles. The number of hydrogen-bond donors (Lipinski definition) is 1. The van der Waals surface area contributed by atoms with E-state index in [-0.39, 0.29) is 5.82 Å². The molecule has 0 aliphatic carbocycles. The van der Waals surface area contributed by atoms with Gasteiger partial charge in [0.1, 0.15) is 5.82 Å². The van der Waals surface area contributed by atoms with E-state index in [2.05, 4.69) is 11.8 Å². The molecule has 1 aromatic rings. The van der Waals surface area contributed by atoms with Gasteiger partial charge >= 0.3 is 0 Å². The molecule has 0 bridgehead atoms. The lowest BCUT2D eigenvalue weighted by molar-refractivity contribution is 0.627. The second-order valence-electron chi connectivity index (χ2n) is 2.70. The van der Waals surface area contributed by atoms with E-state index in [9.17, 15) is 4.39 Å². The highest BCUT2D eigenvalue weighted by Gasteiger charge is 1.88. The van der Waals surface area contributed by atoms with Gasteiger partial charge in [0.05, 0.1) is 0 Å². The van der Waals surface area contributed by atoms with Gasteiger partial charge in [-0.1, -0.05) is 17.9 Å². The van der Waals surface area contributed by atoms with Crippen molar-refractivity contribution >= 4 is 0 Å². The molecule has 0 amide bonds. The van der Waals surface area contributed by atoms with Crippen LogP contribution in [0.2, 0.25) is 0 Å². The Labute approximate surface area is 77.8 Å². The lowest BCUT2D eigenvalue weighted by Gasteiger charge is -1.89. The highest BCUT2D eigenvalue weighted by molar-refractivity contribution is 5.34. The first-order chi connectivity index (χ1) is 6.33. The second-order valence-corrected chi connectivity index (χ2v) is 2.70. The molecule has 13 heavy (non-hydrogen) atoms. The number of benzene rings is 1. The molecule has 0 heterocycles. The molecule has 1 rings (SSSR count). The van der Waals surface area contributed by atoms with Gasteiger partial charge in [-0.15, -0.1) is 0 Å². The van der Waals surface area contributed by atoms with Crippen molar-refractivity contribution in [3.05, 3.63) is 35.6 Å². The van der Waals surface area contributed by atoms with Crippen molar-refractivity contribution in [2.45, 2.75) is 12.8 Å². The van der Waals surface area contributed by atoms with E-state index in [1.165, 1.54) is 12.1 Å². The number of nitrogens with two attached hydrogens (primary N) is 1. The molecule has 1 nitrogen and oxygen atoms in total. The van der Waals surface area contributed by atoms with Gasteiger partial charge < -0.3 is 5.73 Å². The van der Waals surface area contributed by atoms with Crippen molar-refractivity contribution in [2.24, 2.45) is 5.73 Å². The third-order valence-electron chi connectivity index (χ3n) is 1.56. The highest BCUT2D eigenvalue weighted by atomic mass is 19.1. The SMILES string of the molecule is NCCCC#Cc1cccc(F)c1. The van der Waals surface area contributed by atoms with Gasteiger partial charge in [0.2, 0.25) is 0 Å². The third kappa shape index (κ3) is 3.73. The van der Waals surface area contributed by atoms with E-state index in [4.69, 9.17) is 5.73 Å². The van der Waals surface area contributed by atoms with E-state index in [1.54, 1.807) is 12.1 Å². The van der Waals surface area contributed by atoms with Crippen LogP contribution in [0, 0.1) is 17.7 Å². The quantitative estimate of drug-likeness (QED) is 0.542. The Morgan fingerprint density at radius 2 is 2.23 bits per heavy atom. The van der Waals surface area contributed by atoms with Crippen molar-refractivity contribution in [2.75, 3.05) is 6.54 Å². The van der Waals surface area contributed by atoms with Crippen LogP contribution in [0.1, 0.15) is 18.4 Å². The van der Waals surface area contributed by atoms with Crippen LogP contribution in [0.4, 0.5) is 4.39 Å². The van der Waals surface area contributed by atoms with Crippen LogP contribution in [0.3, 0.4) is 0 Å². The monoisotopic (exact) mass is 177 g/mol. The third-order valence-corrected chi connectivity index (χ3v) is 1.56. The summed E-state index contributed by atoms with van der Waals surface area (Å²) in [5.41, 5.74) is 6.02. The maximum Gasteiger partial charge on any atom is 0.124 e. The first kappa shape index (κ1) is 9.76. The zero-order valence-corrected chi connectivity index (χ0v) is 7.39. The van der Waals surface area contributed by atoms with E-state index >= 15 is 0 Å². The van der Waals surface area contributed by atoms with E-state index in [0.29, 0.717) is 6.54 Å². The summed E-state index contributed by atoms with van der Waals surface area (Å²) in [4.78, 5) is 0. The topological polar surface area (TPSA) is 26.0 Å². The Bertz CT molecular complexity index is 322. The molecule has 0 fully saturated rings. The van der Waals surface area contributed by atoms with Crippen molar-refractivity contribution in [1.29, 1.82) is 0 Å². The number of hydrogen-bond acceptors (Lipinski definition) is 1. The van der Waals surface area contributed by atoms with Crippen LogP contribution in [-0.2, 0) is 0 Å². The Hall–Kier alpha value is -1.33. The summed E-state index contributed by atoms with van der Waals surface area (Å²) in [5.74, 6) is 5.56. The molecule has 2 N–H and O–H groups in total. The smallest absolute Gasteiger partial charge is 0.124 e. The molecule has 0 saturated heterocycles. The fourth-order valence-corrected chi connectivity index (χ4v) is 0.921. The number of rotatable bonds is 2. The van der Waals surface area contributed by atoms with Crippen molar-refractivity contribution < 1.29 is 4.39 Å². The molecule has 2 heteroatoms. The molecule has 0 atom stereocenters. The van der Waals surface area contributed by atoms with Crippen LogP contribution >= 0.6 is 0 Å². The van der Waals surface area contributed by atoms with Gasteiger partial charge in [0.15, 0.2) is 0 Å². The van der Waals surface area contributed by atoms with Gasteiger partial charge in [0, 0.05) is 12.0 Å². The van der Waals surface area contributed by atoms with E-state index in [0.717, 1.165) is 18.4 Å². The molecular weight excluding hydrogens is 165 g/mol. The minimum atomic E-state index is -0.245. The molecule has 0 aliphatic rings. The van der Waals surface area contributed by atoms with Gasteiger partial charge in [-0.05, 0) is 31.2 Å². The van der Waals surface area contributed by atoms with Crippen molar-refractivity contribution in [3.63, 3.8) is 0 Å². The highest BCUT2D eigenvalue weighted by Crippen LogP contribution is 2.01. The maximum absolute atomic E-state index is 12.7. The Morgan fingerprint density at radius 3 is 2.92 bits per heavy atom. The summed E-state index contributed by atoms with van der Waals surface area (Å²) in [5, 5.41) is 0. The average Bonchev–Trinajstić information content (AvgIpc) is 2.13. The fourth-order valence-electron chi connectivity index (χ4n) is 0.921. The molecule has 0 radical (unpaired) electrons. The molecule has 0 aliphatic heterocycles. The number of unbranched alkanes of at least 4 members (excludes halogenated alkanes) is 1. The Balaban J connectivity index is 2.56. The van der Waals surface area contributed by atoms with Crippen molar-refractivity contribution in [1.82, 2.24) is 0 Å². The summed E-state index contributed by atoms with van der Waals surface area (Å²) in [6, 6.07) is 6.28. The van der Waals surface area contributed by atoms with Gasteiger partial charge in [0.25, 0.3) is 0 Å². The largest absolute Gasteiger partial charge is 0.330 e. The standard InChI is InChI=1S/C11H12FN/c12-11-7-4-6-10(9-11)5-2-1-3-8-13/h4,6-7,9H,1,3,8,13H2. The predicted molar refractivity (Wildman–Crippen MR) is 51.6 cm³/mol. The van der Waals surface area contributed by atoms with Crippen LogP contribution in [0.5, 0.6) is 0 Å². The van der Waals surface area contributed by atoms with Gasteiger partial charge in [-0.3, -0.25) is 0 Å². The molecule has 68 valence electrons. The van der Waals surface area contributed by atoms with Gasteiger partial charge in [-0.2, -0.15) is 0 Å². The molecule has 0 spiro atoms. The minimum Gasteiger partial charge on any atom is -0.330 e.